The van der Waals surface area contributed by atoms with Crippen LogP contribution in [0.2, 0.25) is 0 Å². The average Bonchev–Trinajstić information content (AvgIpc) is 2.74. The molecule has 0 saturated carbocycles. The molecule has 3 aliphatic rings. The van der Waals surface area contributed by atoms with Gasteiger partial charge in [0.05, 0.1) is 30.5 Å². The number of ether oxygens (including phenoxy) is 2. The topological polar surface area (TPSA) is 67.8 Å². The van der Waals surface area contributed by atoms with Crippen molar-refractivity contribution in [1.82, 2.24) is 19.8 Å². The number of carbonyl (C=O) groups excluding carboxylic acids is 1. The minimum absolute atomic E-state index is 0.0206. The molecule has 7 heteroatoms. The van der Waals surface area contributed by atoms with Crippen molar-refractivity contribution >= 4 is 5.91 Å². The van der Waals surface area contributed by atoms with E-state index in [0.29, 0.717) is 37.9 Å². The SMILES string of the molecule is Cc1nc([C@@H]2CCCCN2C2CCOCC2)ncc1C(=O)N1CCOCC1. The molecule has 1 aromatic heterocycles. The number of rotatable bonds is 3. The third-order valence-corrected chi connectivity index (χ3v) is 6.03. The van der Waals surface area contributed by atoms with Gasteiger partial charge in [-0.3, -0.25) is 9.69 Å². The van der Waals surface area contributed by atoms with E-state index in [1.54, 1.807) is 6.20 Å². The lowest BCUT2D eigenvalue weighted by molar-refractivity contribution is 0.00205. The Balaban J connectivity index is 1.52. The first kappa shape index (κ1) is 18.8. The number of amides is 1. The maximum absolute atomic E-state index is 12.8. The van der Waals surface area contributed by atoms with Crippen LogP contribution >= 0.6 is 0 Å². The highest BCUT2D eigenvalue weighted by Crippen LogP contribution is 2.33. The van der Waals surface area contributed by atoms with Crippen LogP contribution in [0.15, 0.2) is 6.20 Å². The van der Waals surface area contributed by atoms with Gasteiger partial charge in [-0.15, -0.1) is 0 Å². The zero-order valence-corrected chi connectivity index (χ0v) is 16.2. The number of aromatic nitrogens is 2. The molecular weight excluding hydrogens is 344 g/mol. The minimum Gasteiger partial charge on any atom is -0.381 e. The highest BCUT2D eigenvalue weighted by Gasteiger charge is 2.33. The number of likely N-dealkylation sites (tertiary alicyclic amines) is 1. The van der Waals surface area contributed by atoms with Gasteiger partial charge >= 0.3 is 0 Å². The van der Waals surface area contributed by atoms with E-state index in [0.717, 1.165) is 50.5 Å². The molecule has 1 atom stereocenters. The summed E-state index contributed by atoms with van der Waals surface area (Å²) in [4.78, 5) is 26.7. The summed E-state index contributed by atoms with van der Waals surface area (Å²) in [7, 11) is 0. The first-order chi connectivity index (χ1) is 13.2. The van der Waals surface area contributed by atoms with Crippen molar-refractivity contribution in [3.63, 3.8) is 0 Å². The summed E-state index contributed by atoms with van der Waals surface area (Å²) in [5.41, 5.74) is 1.41. The molecule has 0 bridgehead atoms. The van der Waals surface area contributed by atoms with Crippen molar-refractivity contribution in [2.24, 2.45) is 0 Å². The number of hydrogen-bond acceptors (Lipinski definition) is 6. The zero-order valence-electron chi connectivity index (χ0n) is 16.2. The Morgan fingerprint density at radius 3 is 2.52 bits per heavy atom. The third-order valence-electron chi connectivity index (χ3n) is 6.03. The molecule has 1 amide bonds. The molecule has 0 spiro atoms. The Hall–Kier alpha value is -1.57. The van der Waals surface area contributed by atoms with Gasteiger partial charge in [-0.05, 0) is 39.2 Å². The summed E-state index contributed by atoms with van der Waals surface area (Å²) >= 11 is 0. The van der Waals surface area contributed by atoms with Crippen LogP contribution < -0.4 is 0 Å². The Morgan fingerprint density at radius 2 is 1.78 bits per heavy atom. The summed E-state index contributed by atoms with van der Waals surface area (Å²) in [5, 5.41) is 0. The molecule has 4 rings (SSSR count). The highest BCUT2D eigenvalue weighted by atomic mass is 16.5. The second-order valence-corrected chi connectivity index (χ2v) is 7.72. The Labute approximate surface area is 161 Å². The maximum Gasteiger partial charge on any atom is 0.257 e. The molecular formula is C20H30N4O3. The largest absolute Gasteiger partial charge is 0.381 e. The molecule has 3 aliphatic heterocycles. The first-order valence-electron chi connectivity index (χ1n) is 10.3. The zero-order chi connectivity index (χ0) is 18.6. The van der Waals surface area contributed by atoms with Crippen LogP contribution in [-0.2, 0) is 9.47 Å². The summed E-state index contributed by atoms with van der Waals surface area (Å²) in [6, 6.07) is 0.815. The molecule has 0 aromatic carbocycles. The molecule has 7 nitrogen and oxygen atoms in total. The predicted octanol–water partition coefficient (Wildman–Crippen LogP) is 1.96. The van der Waals surface area contributed by atoms with Gasteiger partial charge in [0.15, 0.2) is 0 Å². The van der Waals surface area contributed by atoms with Crippen LogP contribution in [0.4, 0.5) is 0 Å². The fourth-order valence-electron chi connectivity index (χ4n) is 4.48. The first-order valence-corrected chi connectivity index (χ1v) is 10.3. The number of piperidine rings is 1. The molecule has 0 radical (unpaired) electrons. The summed E-state index contributed by atoms with van der Waals surface area (Å²) in [5.74, 6) is 0.893. The van der Waals surface area contributed by atoms with Gasteiger partial charge in [-0.1, -0.05) is 6.42 Å². The molecule has 1 aromatic rings. The van der Waals surface area contributed by atoms with Crippen LogP contribution in [-0.4, -0.2) is 77.8 Å². The van der Waals surface area contributed by atoms with Crippen LogP contribution in [0.5, 0.6) is 0 Å². The smallest absolute Gasteiger partial charge is 0.257 e. The van der Waals surface area contributed by atoms with Crippen molar-refractivity contribution in [2.75, 3.05) is 46.1 Å². The van der Waals surface area contributed by atoms with E-state index in [2.05, 4.69) is 9.88 Å². The number of aryl methyl sites for hydroxylation is 1. The monoisotopic (exact) mass is 374 g/mol. The van der Waals surface area contributed by atoms with Gasteiger partial charge < -0.3 is 14.4 Å². The van der Waals surface area contributed by atoms with E-state index in [1.807, 2.05) is 11.8 Å². The highest BCUT2D eigenvalue weighted by molar-refractivity contribution is 5.95. The van der Waals surface area contributed by atoms with E-state index in [9.17, 15) is 4.79 Å². The van der Waals surface area contributed by atoms with E-state index in [4.69, 9.17) is 14.5 Å². The van der Waals surface area contributed by atoms with Crippen molar-refractivity contribution in [3.05, 3.63) is 23.3 Å². The van der Waals surface area contributed by atoms with E-state index >= 15 is 0 Å². The summed E-state index contributed by atoms with van der Waals surface area (Å²) < 4.78 is 10.9. The summed E-state index contributed by atoms with van der Waals surface area (Å²) in [6.07, 6.45) is 7.45. The van der Waals surface area contributed by atoms with Crippen LogP contribution in [0.1, 0.15) is 60.0 Å². The molecule has 3 saturated heterocycles. The second kappa shape index (κ2) is 8.63. The van der Waals surface area contributed by atoms with Crippen LogP contribution in [0, 0.1) is 6.92 Å². The predicted molar refractivity (Wildman–Crippen MR) is 101 cm³/mol. The number of morpholine rings is 1. The average molecular weight is 374 g/mol. The molecule has 0 unspecified atom stereocenters. The van der Waals surface area contributed by atoms with E-state index in [-0.39, 0.29) is 11.9 Å². The van der Waals surface area contributed by atoms with Gasteiger partial charge in [0.1, 0.15) is 5.82 Å². The van der Waals surface area contributed by atoms with E-state index < -0.39 is 0 Å². The molecule has 4 heterocycles. The standard InChI is InChI=1S/C20H30N4O3/c1-15-17(20(25)23-8-12-27-13-9-23)14-21-19(22-15)18-4-2-3-7-24(18)16-5-10-26-11-6-16/h14,16,18H,2-13H2,1H3/t18-/m0/s1. The lowest BCUT2D eigenvalue weighted by Crippen LogP contribution is -2.45. The van der Waals surface area contributed by atoms with Crippen molar-refractivity contribution < 1.29 is 14.3 Å². The van der Waals surface area contributed by atoms with Gasteiger partial charge in [-0.25, -0.2) is 9.97 Å². The molecule has 3 fully saturated rings. The van der Waals surface area contributed by atoms with Gasteiger partial charge in [-0.2, -0.15) is 0 Å². The fourth-order valence-corrected chi connectivity index (χ4v) is 4.48. The molecule has 148 valence electrons. The third kappa shape index (κ3) is 4.15. The Morgan fingerprint density at radius 1 is 1.04 bits per heavy atom. The Bertz CT molecular complexity index is 657. The van der Waals surface area contributed by atoms with Gasteiger partial charge in [0, 0.05) is 38.5 Å². The van der Waals surface area contributed by atoms with E-state index in [1.165, 1.54) is 12.8 Å². The van der Waals surface area contributed by atoms with Crippen molar-refractivity contribution in [1.29, 1.82) is 0 Å². The van der Waals surface area contributed by atoms with Gasteiger partial charge in [0.25, 0.3) is 5.91 Å². The fraction of sp³-hybridized carbons (Fsp3) is 0.750. The quantitative estimate of drug-likeness (QED) is 0.806. The van der Waals surface area contributed by atoms with Crippen molar-refractivity contribution in [3.8, 4) is 0 Å². The number of carbonyl (C=O) groups is 1. The van der Waals surface area contributed by atoms with Crippen LogP contribution in [0.25, 0.3) is 0 Å². The number of nitrogens with zero attached hydrogens (tertiary/aromatic N) is 4. The lowest BCUT2D eigenvalue weighted by atomic mass is 9.96. The van der Waals surface area contributed by atoms with Gasteiger partial charge in [0.2, 0.25) is 0 Å². The van der Waals surface area contributed by atoms with Crippen LogP contribution in [0.3, 0.4) is 0 Å². The normalized spacial score (nSPS) is 25.5. The minimum atomic E-state index is 0.0206. The van der Waals surface area contributed by atoms with Crippen molar-refractivity contribution in [2.45, 2.75) is 51.1 Å². The molecule has 0 N–H and O–H groups in total. The number of hydrogen-bond donors (Lipinski definition) is 0. The second-order valence-electron chi connectivity index (χ2n) is 7.72. The molecule has 0 aliphatic carbocycles. The Kier molecular flexibility index (Phi) is 6.00. The summed E-state index contributed by atoms with van der Waals surface area (Å²) in [6.45, 7) is 7.21. The lowest BCUT2D eigenvalue weighted by Gasteiger charge is -2.42. The maximum atomic E-state index is 12.8. The molecule has 27 heavy (non-hydrogen) atoms.